The Morgan fingerprint density at radius 2 is 2.33 bits per heavy atom. The molecule has 2 heteroatoms. The van der Waals surface area contributed by atoms with Crippen molar-refractivity contribution in [2.75, 3.05) is 0 Å². The molecule has 0 bridgehead atoms. The van der Waals surface area contributed by atoms with E-state index in [1.807, 2.05) is 0 Å². The van der Waals surface area contributed by atoms with Gasteiger partial charge >= 0.3 is 0 Å². The van der Waals surface area contributed by atoms with Gasteiger partial charge in [0.15, 0.2) is 0 Å². The second-order valence-corrected chi connectivity index (χ2v) is 6.42. The maximum atomic E-state index is 5.86. The lowest BCUT2D eigenvalue weighted by molar-refractivity contribution is 0.328. The van der Waals surface area contributed by atoms with Crippen LogP contribution in [-0.4, -0.2) is 12.2 Å². The maximum Gasteiger partial charge on any atom is 0.101 e. The summed E-state index contributed by atoms with van der Waals surface area (Å²) >= 11 is 1.73. The standard InChI is InChI=1S/C16H20OS/c1-2-3-4-7-14-15(17-14)16(10-11-16)9-8-13-6-5-12-18-13/h5-6,12,14-15H,2-4,7,10-11H2,1H3/t14-,15-/m0/s1. The summed E-state index contributed by atoms with van der Waals surface area (Å²) in [6.45, 7) is 2.25. The zero-order chi connectivity index (χ0) is 12.4. The van der Waals surface area contributed by atoms with E-state index in [1.54, 1.807) is 11.3 Å². The molecule has 1 aromatic rings. The molecule has 1 aromatic heterocycles. The van der Waals surface area contributed by atoms with Crippen LogP contribution in [-0.2, 0) is 4.74 Å². The van der Waals surface area contributed by atoms with Crippen LogP contribution in [0, 0.1) is 17.3 Å². The van der Waals surface area contributed by atoms with Crippen molar-refractivity contribution in [2.45, 2.75) is 57.7 Å². The Morgan fingerprint density at radius 1 is 1.44 bits per heavy atom. The summed E-state index contributed by atoms with van der Waals surface area (Å²) in [7, 11) is 0. The third-order valence-corrected chi connectivity index (χ3v) is 4.75. The highest BCUT2D eigenvalue weighted by Crippen LogP contribution is 2.57. The predicted octanol–water partition coefficient (Wildman–Crippen LogP) is 4.23. The van der Waals surface area contributed by atoms with Gasteiger partial charge in [-0.2, -0.15) is 0 Å². The molecule has 1 aliphatic heterocycles. The van der Waals surface area contributed by atoms with Crippen LogP contribution in [0.4, 0.5) is 0 Å². The summed E-state index contributed by atoms with van der Waals surface area (Å²) in [5.41, 5.74) is 0.223. The number of hydrogen-bond acceptors (Lipinski definition) is 2. The largest absolute Gasteiger partial charge is 0.368 e. The van der Waals surface area contributed by atoms with E-state index in [4.69, 9.17) is 4.74 Å². The van der Waals surface area contributed by atoms with E-state index in [-0.39, 0.29) is 5.41 Å². The molecule has 0 amide bonds. The molecular formula is C16H20OS. The number of rotatable bonds is 5. The van der Waals surface area contributed by atoms with Crippen LogP contribution < -0.4 is 0 Å². The van der Waals surface area contributed by atoms with Gasteiger partial charge in [-0.3, -0.25) is 0 Å². The number of thiophene rings is 1. The third kappa shape index (κ3) is 2.63. The monoisotopic (exact) mass is 260 g/mol. The SMILES string of the molecule is CCCCC[C@@H]1O[C@@H]1C1(C#Cc2cccs2)CC1. The number of unbranched alkanes of at least 4 members (excludes halogenated alkanes) is 2. The molecule has 0 spiro atoms. The molecule has 1 nitrogen and oxygen atoms in total. The van der Waals surface area contributed by atoms with Crippen molar-refractivity contribution in [3.63, 3.8) is 0 Å². The summed E-state index contributed by atoms with van der Waals surface area (Å²) < 4.78 is 5.86. The highest BCUT2D eigenvalue weighted by atomic mass is 32.1. The van der Waals surface area contributed by atoms with Gasteiger partial charge in [0.2, 0.25) is 0 Å². The van der Waals surface area contributed by atoms with Crippen LogP contribution >= 0.6 is 11.3 Å². The molecule has 18 heavy (non-hydrogen) atoms. The van der Waals surface area contributed by atoms with Crippen molar-refractivity contribution in [1.29, 1.82) is 0 Å². The first-order chi connectivity index (χ1) is 8.84. The van der Waals surface area contributed by atoms with E-state index in [9.17, 15) is 0 Å². The van der Waals surface area contributed by atoms with E-state index < -0.39 is 0 Å². The van der Waals surface area contributed by atoms with E-state index in [0.717, 1.165) is 0 Å². The van der Waals surface area contributed by atoms with E-state index in [1.165, 1.54) is 43.4 Å². The number of ether oxygens (including phenoxy) is 1. The molecule has 0 N–H and O–H groups in total. The molecule has 1 saturated carbocycles. The van der Waals surface area contributed by atoms with Crippen molar-refractivity contribution >= 4 is 11.3 Å². The fourth-order valence-electron chi connectivity index (χ4n) is 2.60. The Morgan fingerprint density at radius 3 is 3.00 bits per heavy atom. The summed E-state index contributed by atoms with van der Waals surface area (Å²) in [6, 6.07) is 4.16. The highest BCUT2D eigenvalue weighted by molar-refractivity contribution is 7.10. The fourth-order valence-corrected chi connectivity index (χ4v) is 3.17. The van der Waals surface area contributed by atoms with Gasteiger partial charge in [-0.05, 0) is 30.7 Å². The summed E-state index contributed by atoms with van der Waals surface area (Å²) in [4.78, 5) is 1.18. The molecule has 2 heterocycles. The van der Waals surface area contributed by atoms with Gasteiger partial charge in [-0.15, -0.1) is 11.3 Å². The van der Waals surface area contributed by atoms with Crippen LogP contribution in [0.15, 0.2) is 17.5 Å². The lowest BCUT2D eigenvalue weighted by atomic mass is 9.98. The first-order valence-corrected chi connectivity index (χ1v) is 7.94. The van der Waals surface area contributed by atoms with Gasteiger partial charge in [-0.1, -0.05) is 44.1 Å². The van der Waals surface area contributed by atoms with Crippen molar-refractivity contribution < 1.29 is 4.74 Å². The van der Waals surface area contributed by atoms with Crippen LogP contribution in [0.1, 0.15) is 50.3 Å². The van der Waals surface area contributed by atoms with Crippen molar-refractivity contribution in [1.82, 2.24) is 0 Å². The fraction of sp³-hybridized carbons (Fsp3) is 0.625. The topological polar surface area (TPSA) is 12.5 Å². The summed E-state index contributed by atoms with van der Waals surface area (Å²) in [5.74, 6) is 6.82. The van der Waals surface area contributed by atoms with E-state index in [0.29, 0.717) is 12.2 Å². The molecule has 0 aromatic carbocycles. The van der Waals surface area contributed by atoms with Gasteiger partial charge in [0.1, 0.15) is 6.10 Å². The minimum absolute atomic E-state index is 0.223. The number of hydrogen-bond donors (Lipinski definition) is 0. The second kappa shape index (κ2) is 5.07. The smallest absolute Gasteiger partial charge is 0.101 e. The third-order valence-electron chi connectivity index (χ3n) is 3.96. The predicted molar refractivity (Wildman–Crippen MR) is 75.7 cm³/mol. The molecule has 96 valence electrons. The number of epoxide rings is 1. The van der Waals surface area contributed by atoms with Gasteiger partial charge in [-0.25, -0.2) is 0 Å². The van der Waals surface area contributed by atoms with Crippen molar-refractivity contribution in [3.8, 4) is 11.8 Å². The summed E-state index contributed by atoms with van der Waals surface area (Å²) in [5, 5.41) is 2.09. The maximum absolute atomic E-state index is 5.86. The van der Waals surface area contributed by atoms with Gasteiger partial charge < -0.3 is 4.74 Å². The van der Waals surface area contributed by atoms with E-state index >= 15 is 0 Å². The molecule has 3 rings (SSSR count). The zero-order valence-electron chi connectivity index (χ0n) is 10.9. The molecule has 2 aliphatic rings. The van der Waals surface area contributed by atoms with Crippen molar-refractivity contribution in [3.05, 3.63) is 22.4 Å². The Hall–Kier alpha value is -0.780. The molecular weight excluding hydrogens is 240 g/mol. The summed E-state index contributed by atoms with van der Waals surface area (Å²) in [6.07, 6.45) is 8.60. The van der Waals surface area contributed by atoms with Gasteiger partial charge in [0.05, 0.1) is 16.4 Å². The highest BCUT2D eigenvalue weighted by Gasteiger charge is 2.60. The average molecular weight is 260 g/mol. The Balaban J connectivity index is 1.54. The Labute approximate surface area is 114 Å². The van der Waals surface area contributed by atoms with Crippen LogP contribution in [0.2, 0.25) is 0 Å². The molecule has 2 atom stereocenters. The van der Waals surface area contributed by atoms with Gasteiger partial charge in [0, 0.05) is 0 Å². The van der Waals surface area contributed by atoms with Crippen molar-refractivity contribution in [2.24, 2.45) is 5.41 Å². The quantitative estimate of drug-likeness (QED) is 0.438. The first kappa shape index (κ1) is 12.3. The Kier molecular flexibility index (Phi) is 3.46. The lowest BCUT2D eigenvalue weighted by Gasteiger charge is -2.01. The Bertz CT molecular complexity index is 447. The zero-order valence-corrected chi connectivity index (χ0v) is 11.8. The van der Waals surface area contributed by atoms with E-state index in [2.05, 4.69) is 36.3 Å². The minimum atomic E-state index is 0.223. The normalized spacial score (nSPS) is 27.4. The molecule has 0 radical (unpaired) electrons. The molecule has 2 fully saturated rings. The van der Waals surface area contributed by atoms with Crippen LogP contribution in [0.5, 0.6) is 0 Å². The molecule has 1 saturated heterocycles. The second-order valence-electron chi connectivity index (χ2n) is 5.47. The lowest BCUT2D eigenvalue weighted by Crippen LogP contribution is -2.09. The molecule has 1 aliphatic carbocycles. The average Bonchev–Trinajstić information content (AvgIpc) is 3.27. The molecule has 0 unspecified atom stereocenters. The minimum Gasteiger partial charge on any atom is -0.368 e. The van der Waals surface area contributed by atoms with Gasteiger partial charge in [0.25, 0.3) is 0 Å². The first-order valence-electron chi connectivity index (χ1n) is 7.06. The van der Waals surface area contributed by atoms with Crippen LogP contribution in [0.3, 0.4) is 0 Å². The van der Waals surface area contributed by atoms with Crippen LogP contribution in [0.25, 0.3) is 0 Å².